The third kappa shape index (κ3) is 3.73. The minimum Gasteiger partial charge on any atom is -0.380 e. The molecule has 14 heavy (non-hydrogen) atoms. The molecule has 0 spiro atoms. The second-order valence-corrected chi connectivity index (χ2v) is 3.15. The van der Waals surface area contributed by atoms with Gasteiger partial charge in [0, 0.05) is 7.11 Å². The van der Waals surface area contributed by atoms with Gasteiger partial charge in [-0.05, 0) is 24.1 Å². The fraction of sp³-hybridized carbons (Fsp3) is 0.333. The highest BCUT2D eigenvalue weighted by Crippen LogP contribution is 2.07. The molecule has 0 saturated carbocycles. The zero-order valence-electron chi connectivity index (χ0n) is 8.57. The fourth-order valence-corrected chi connectivity index (χ4v) is 1.21. The summed E-state index contributed by atoms with van der Waals surface area (Å²) in [6.07, 6.45) is 5.11. The molecule has 0 heterocycles. The van der Waals surface area contributed by atoms with Crippen LogP contribution in [0.1, 0.15) is 17.5 Å². The lowest BCUT2D eigenvalue weighted by atomic mass is 10.1. The molecule has 0 unspecified atom stereocenters. The highest BCUT2D eigenvalue weighted by molar-refractivity contribution is 5.49. The van der Waals surface area contributed by atoms with Crippen molar-refractivity contribution in [2.24, 2.45) is 5.73 Å². The number of benzene rings is 1. The molecule has 0 aliphatic carbocycles. The normalized spacial score (nSPS) is 11.0. The van der Waals surface area contributed by atoms with E-state index in [1.807, 2.05) is 0 Å². The largest absolute Gasteiger partial charge is 0.380 e. The van der Waals surface area contributed by atoms with Crippen molar-refractivity contribution in [2.45, 2.75) is 13.0 Å². The van der Waals surface area contributed by atoms with E-state index in [-0.39, 0.29) is 0 Å². The summed E-state index contributed by atoms with van der Waals surface area (Å²) >= 11 is 0. The van der Waals surface area contributed by atoms with Crippen molar-refractivity contribution in [1.82, 2.24) is 0 Å². The van der Waals surface area contributed by atoms with Gasteiger partial charge in [-0.2, -0.15) is 0 Å². The van der Waals surface area contributed by atoms with Crippen LogP contribution in [0.15, 0.2) is 30.3 Å². The van der Waals surface area contributed by atoms with Gasteiger partial charge >= 0.3 is 0 Å². The van der Waals surface area contributed by atoms with Crippen LogP contribution in [-0.4, -0.2) is 13.7 Å². The zero-order chi connectivity index (χ0) is 10.2. The zero-order valence-corrected chi connectivity index (χ0v) is 8.57. The molecule has 1 aromatic rings. The van der Waals surface area contributed by atoms with Crippen LogP contribution in [0.4, 0.5) is 0 Å². The summed E-state index contributed by atoms with van der Waals surface area (Å²) in [7, 11) is 1.70. The summed E-state index contributed by atoms with van der Waals surface area (Å²) in [5.74, 6) is 0. The van der Waals surface area contributed by atoms with Crippen molar-refractivity contribution in [2.75, 3.05) is 13.7 Å². The summed E-state index contributed by atoms with van der Waals surface area (Å²) < 4.78 is 5.03. The maximum absolute atomic E-state index is 5.39. The second kappa shape index (κ2) is 6.35. The molecule has 0 aromatic heterocycles. The SMILES string of the molecule is COCc1ccc(C=CCCN)cc1. The summed E-state index contributed by atoms with van der Waals surface area (Å²) in [5, 5.41) is 0. The lowest BCUT2D eigenvalue weighted by molar-refractivity contribution is 0.185. The minimum absolute atomic E-state index is 0.673. The Morgan fingerprint density at radius 3 is 2.57 bits per heavy atom. The van der Waals surface area contributed by atoms with Crippen LogP contribution < -0.4 is 5.73 Å². The Morgan fingerprint density at radius 1 is 1.29 bits per heavy atom. The Labute approximate surface area is 85.4 Å². The first kappa shape index (κ1) is 11.0. The quantitative estimate of drug-likeness (QED) is 0.774. The van der Waals surface area contributed by atoms with Gasteiger partial charge in [0.15, 0.2) is 0 Å². The molecule has 0 aliphatic heterocycles. The Bertz CT molecular complexity index is 277. The van der Waals surface area contributed by atoms with Crippen LogP contribution in [0.5, 0.6) is 0 Å². The monoisotopic (exact) mass is 191 g/mol. The molecule has 2 nitrogen and oxygen atoms in total. The molecule has 1 aromatic carbocycles. The molecule has 1 rings (SSSR count). The average Bonchev–Trinajstić information content (AvgIpc) is 2.21. The highest BCUT2D eigenvalue weighted by Gasteiger charge is 1.90. The van der Waals surface area contributed by atoms with E-state index in [1.54, 1.807) is 7.11 Å². The van der Waals surface area contributed by atoms with E-state index in [1.165, 1.54) is 11.1 Å². The number of hydrogen-bond acceptors (Lipinski definition) is 2. The average molecular weight is 191 g/mol. The Kier molecular flexibility index (Phi) is 4.97. The van der Waals surface area contributed by atoms with Crippen molar-refractivity contribution >= 4 is 6.08 Å². The van der Waals surface area contributed by atoms with E-state index < -0.39 is 0 Å². The fourth-order valence-electron chi connectivity index (χ4n) is 1.21. The maximum Gasteiger partial charge on any atom is 0.0713 e. The van der Waals surface area contributed by atoms with Crippen molar-refractivity contribution in [1.29, 1.82) is 0 Å². The standard InChI is InChI=1S/C12H17NO/c1-14-10-12-7-5-11(6-8-12)4-2-3-9-13/h2,4-8H,3,9-10,13H2,1H3. The predicted molar refractivity (Wildman–Crippen MR) is 59.9 cm³/mol. The number of hydrogen-bond donors (Lipinski definition) is 1. The van der Waals surface area contributed by atoms with Gasteiger partial charge in [-0.1, -0.05) is 36.4 Å². The second-order valence-electron chi connectivity index (χ2n) is 3.15. The van der Waals surface area contributed by atoms with E-state index in [0.717, 1.165) is 6.42 Å². The first-order valence-electron chi connectivity index (χ1n) is 4.81. The molecule has 0 radical (unpaired) electrons. The Balaban J connectivity index is 2.54. The summed E-state index contributed by atoms with van der Waals surface area (Å²) in [6, 6.07) is 8.32. The lowest BCUT2D eigenvalue weighted by Gasteiger charge is -1.99. The van der Waals surface area contributed by atoms with Gasteiger partial charge < -0.3 is 10.5 Å². The van der Waals surface area contributed by atoms with Crippen LogP contribution in [-0.2, 0) is 11.3 Å². The molecule has 0 amide bonds. The molecule has 0 saturated heterocycles. The van der Waals surface area contributed by atoms with Crippen molar-refractivity contribution in [3.63, 3.8) is 0 Å². The first-order chi connectivity index (χ1) is 6.86. The molecule has 76 valence electrons. The molecule has 2 heteroatoms. The van der Waals surface area contributed by atoms with Crippen LogP contribution in [0.3, 0.4) is 0 Å². The van der Waals surface area contributed by atoms with Crippen molar-refractivity contribution < 1.29 is 4.74 Å². The van der Waals surface area contributed by atoms with Gasteiger partial charge in [-0.15, -0.1) is 0 Å². The van der Waals surface area contributed by atoms with Crippen LogP contribution in [0.2, 0.25) is 0 Å². The van der Waals surface area contributed by atoms with Gasteiger partial charge in [0.2, 0.25) is 0 Å². The minimum atomic E-state index is 0.673. The lowest BCUT2D eigenvalue weighted by Crippen LogP contribution is -1.94. The molecule has 2 N–H and O–H groups in total. The molecule has 0 fully saturated rings. The topological polar surface area (TPSA) is 35.2 Å². The van der Waals surface area contributed by atoms with Crippen LogP contribution in [0.25, 0.3) is 6.08 Å². The smallest absolute Gasteiger partial charge is 0.0713 e. The van der Waals surface area contributed by atoms with Crippen LogP contribution in [0, 0.1) is 0 Å². The van der Waals surface area contributed by atoms with Crippen LogP contribution >= 0.6 is 0 Å². The van der Waals surface area contributed by atoms with Gasteiger partial charge in [-0.25, -0.2) is 0 Å². The number of rotatable bonds is 5. The number of nitrogens with two attached hydrogens (primary N) is 1. The van der Waals surface area contributed by atoms with Gasteiger partial charge in [0.05, 0.1) is 6.61 Å². The molecule has 0 aliphatic rings. The summed E-state index contributed by atoms with van der Waals surface area (Å²) in [4.78, 5) is 0. The van der Waals surface area contributed by atoms with Gasteiger partial charge in [-0.3, -0.25) is 0 Å². The van der Waals surface area contributed by atoms with Crippen molar-refractivity contribution in [3.05, 3.63) is 41.5 Å². The predicted octanol–water partition coefficient (Wildman–Crippen LogP) is 2.20. The third-order valence-corrected chi connectivity index (χ3v) is 1.93. The summed E-state index contributed by atoms with van der Waals surface area (Å²) in [6.45, 7) is 1.38. The third-order valence-electron chi connectivity index (χ3n) is 1.93. The maximum atomic E-state index is 5.39. The van der Waals surface area contributed by atoms with E-state index in [0.29, 0.717) is 13.2 Å². The van der Waals surface area contributed by atoms with E-state index in [4.69, 9.17) is 10.5 Å². The van der Waals surface area contributed by atoms with Gasteiger partial charge in [0.1, 0.15) is 0 Å². The molecular weight excluding hydrogens is 174 g/mol. The Morgan fingerprint density at radius 2 is 2.00 bits per heavy atom. The van der Waals surface area contributed by atoms with Crippen molar-refractivity contribution in [3.8, 4) is 0 Å². The summed E-state index contributed by atoms with van der Waals surface area (Å²) in [5.41, 5.74) is 7.79. The molecule has 0 bridgehead atoms. The molecule has 0 atom stereocenters. The number of ether oxygens (including phenoxy) is 1. The first-order valence-corrected chi connectivity index (χ1v) is 4.81. The van der Waals surface area contributed by atoms with E-state index >= 15 is 0 Å². The van der Waals surface area contributed by atoms with E-state index in [9.17, 15) is 0 Å². The highest BCUT2D eigenvalue weighted by atomic mass is 16.5. The molecular formula is C12H17NO. The Hall–Kier alpha value is -1.12. The van der Waals surface area contributed by atoms with Gasteiger partial charge in [0.25, 0.3) is 0 Å². The number of methoxy groups -OCH3 is 1. The van der Waals surface area contributed by atoms with E-state index in [2.05, 4.69) is 36.4 Å².